The number of ether oxygens (including phenoxy) is 2. The summed E-state index contributed by atoms with van der Waals surface area (Å²) in [6.07, 6.45) is 4.02. The predicted octanol–water partition coefficient (Wildman–Crippen LogP) is 4.54. The minimum atomic E-state index is -0.336. The SMILES string of the molecule is CCCCCc1cccc(OC(=O)C(C)C)c1OC(=O)C(C)C. The summed E-state index contributed by atoms with van der Waals surface area (Å²) in [6.45, 7) is 9.24. The van der Waals surface area contributed by atoms with Gasteiger partial charge in [0.15, 0.2) is 11.5 Å². The molecule has 0 heterocycles. The Morgan fingerprint density at radius 1 is 0.957 bits per heavy atom. The highest BCUT2D eigenvalue weighted by atomic mass is 16.6. The van der Waals surface area contributed by atoms with Crippen LogP contribution in [-0.4, -0.2) is 11.9 Å². The molecule has 0 aromatic heterocycles. The van der Waals surface area contributed by atoms with E-state index in [1.165, 1.54) is 0 Å². The van der Waals surface area contributed by atoms with E-state index in [-0.39, 0.29) is 23.8 Å². The van der Waals surface area contributed by atoms with Crippen molar-refractivity contribution in [2.75, 3.05) is 0 Å². The molecule has 0 radical (unpaired) electrons. The van der Waals surface area contributed by atoms with Gasteiger partial charge in [0.05, 0.1) is 11.8 Å². The van der Waals surface area contributed by atoms with Gasteiger partial charge in [0.1, 0.15) is 0 Å². The zero-order chi connectivity index (χ0) is 17.4. The second kappa shape index (κ2) is 9.33. The van der Waals surface area contributed by atoms with Crippen molar-refractivity contribution in [3.05, 3.63) is 23.8 Å². The molecule has 0 fully saturated rings. The minimum absolute atomic E-state index is 0.243. The zero-order valence-corrected chi connectivity index (χ0v) is 14.8. The van der Waals surface area contributed by atoms with Crippen LogP contribution in [0.3, 0.4) is 0 Å². The molecular weight excluding hydrogens is 292 g/mol. The summed E-state index contributed by atoms with van der Waals surface area (Å²) < 4.78 is 11.0. The molecule has 0 amide bonds. The second-order valence-electron chi connectivity index (χ2n) is 6.35. The maximum Gasteiger partial charge on any atom is 0.313 e. The molecule has 1 aromatic rings. The van der Waals surface area contributed by atoms with Crippen LogP contribution in [-0.2, 0) is 16.0 Å². The van der Waals surface area contributed by atoms with Crippen LogP contribution in [0.15, 0.2) is 18.2 Å². The van der Waals surface area contributed by atoms with Gasteiger partial charge in [-0.2, -0.15) is 0 Å². The van der Waals surface area contributed by atoms with Gasteiger partial charge in [-0.3, -0.25) is 9.59 Å². The van der Waals surface area contributed by atoms with E-state index in [4.69, 9.17) is 9.47 Å². The quantitative estimate of drug-likeness (QED) is 0.401. The number of hydrogen-bond acceptors (Lipinski definition) is 4. The van der Waals surface area contributed by atoms with Crippen LogP contribution in [0.25, 0.3) is 0 Å². The molecule has 0 aliphatic rings. The van der Waals surface area contributed by atoms with E-state index < -0.39 is 0 Å². The Balaban J connectivity index is 3.08. The summed E-state index contributed by atoms with van der Waals surface area (Å²) in [5.41, 5.74) is 0.904. The highest BCUT2D eigenvalue weighted by molar-refractivity contribution is 5.78. The Morgan fingerprint density at radius 2 is 1.57 bits per heavy atom. The third kappa shape index (κ3) is 6.05. The average molecular weight is 320 g/mol. The van der Waals surface area contributed by atoms with Crippen molar-refractivity contribution >= 4 is 11.9 Å². The van der Waals surface area contributed by atoms with Crippen LogP contribution in [0, 0.1) is 11.8 Å². The van der Waals surface area contributed by atoms with Gasteiger partial charge in [-0.1, -0.05) is 59.6 Å². The molecule has 0 unspecified atom stereocenters. The van der Waals surface area contributed by atoms with Crippen molar-refractivity contribution in [2.45, 2.75) is 60.3 Å². The van der Waals surface area contributed by atoms with Gasteiger partial charge >= 0.3 is 11.9 Å². The predicted molar refractivity (Wildman–Crippen MR) is 90.6 cm³/mol. The van der Waals surface area contributed by atoms with Crippen LogP contribution in [0.5, 0.6) is 11.5 Å². The Morgan fingerprint density at radius 3 is 2.13 bits per heavy atom. The fourth-order valence-corrected chi connectivity index (χ4v) is 1.96. The van der Waals surface area contributed by atoms with Gasteiger partial charge in [0, 0.05) is 0 Å². The molecule has 0 aliphatic heterocycles. The van der Waals surface area contributed by atoms with E-state index in [0.29, 0.717) is 11.5 Å². The van der Waals surface area contributed by atoms with Crippen LogP contribution < -0.4 is 9.47 Å². The topological polar surface area (TPSA) is 52.6 Å². The number of benzene rings is 1. The second-order valence-corrected chi connectivity index (χ2v) is 6.35. The lowest BCUT2D eigenvalue weighted by atomic mass is 10.1. The van der Waals surface area contributed by atoms with E-state index in [2.05, 4.69) is 6.92 Å². The molecule has 4 heteroatoms. The monoisotopic (exact) mass is 320 g/mol. The lowest BCUT2D eigenvalue weighted by molar-refractivity contribution is -0.140. The molecule has 23 heavy (non-hydrogen) atoms. The van der Waals surface area contributed by atoms with Crippen molar-refractivity contribution in [3.8, 4) is 11.5 Å². The molecule has 0 aliphatic carbocycles. The summed E-state index contributed by atoms with van der Waals surface area (Å²) in [5.74, 6) is -0.435. The number of carbonyl (C=O) groups is 2. The van der Waals surface area contributed by atoms with Crippen molar-refractivity contribution in [3.63, 3.8) is 0 Å². The first-order chi connectivity index (χ1) is 10.9. The molecule has 0 N–H and O–H groups in total. The Labute approximate surface area is 139 Å². The highest BCUT2D eigenvalue weighted by Crippen LogP contribution is 2.33. The normalized spacial score (nSPS) is 10.9. The maximum absolute atomic E-state index is 12.0. The highest BCUT2D eigenvalue weighted by Gasteiger charge is 2.20. The molecule has 1 rings (SSSR count). The van der Waals surface area contributed by atoms with Gasteiger partial charge in [-0.25, -0.2) is 0 Å². The van der Waals surface area contributed by atoms with Crippen LogP contribution >= 0.6 is 0 Å². The van der Waals surface area contributed by atoms with Crippen molar-refractivity contribution in [1.82, 2.24) is 0 Å². The molecule has 0 atom stereocenters. The fourth-order valence-electron chi connectivity index (χ4n) is 1.96. The fraction of sp³-hybridized carbons (Fsp3) is 0.579. The number of rotatable bonds is 8. The van der Waals surface area contributed by atoms with Gasteiger partial charge in [0.2, 0.25) is 0 Å². The lowest BCUT2D eigenvalue weighted by Crippen LogP contribution is -2.19. The number of para-hydroxylation sites is 1. The minimum Gasteiger partial charge on any atom is -0.422 e. The number of aryl methyl sites for hydroxylation is 1. The van der Waals surface area contributed by atoms with E-state index in [1.807, 2.05) is 12.1 Å². The molecule has 128 valence electrons. The molecule has 0 bridgehead atoms. The summed E-state index contributed by atoms with van der Waals surface area (Å²) in [7, 11) is 0. The van der Waals surface area contributed by atoms with Crippen molar-refractivity contribution in [2.24, 2.45) is 11.8 Å². The van der Waals surface area contributed by atoms with Crippen LogP contribution in [0.1, 0.15) is 59.4 Å². The standard InChI is InChI=1S/C19H28O4/c1-6-7-8-10-15-11-9-12-16(22-18(20)13(2)3)17(15)23-19(21)14(4)5/h9,11-14H,6-8,10H2,1-5H3. The summed E-state index contributed by atoms with van der Waals surface area (Å²) in [4.78, 5) is 23.9. The van der Waals surface area contributed by atoms with Gasteiger partial charge < -0.3 is 9.47 Å². The summed E-state index contributed by atoms with van der Waals surface area (Å²) in [6, 6.07) is 5.43. The van der Waals surface area contributed by atoms with E-state index in [9.17, 15) is 9.59 Å². The third-order valence-corrected chi connectivity index (χ3v) is 3.47. The third-order valence-electron chi connectivity index (χ3n) is 3.47. The van der Waals surface area contributed by atoms with Crippen molar-refractivity contribution < 1.29 is 19.1 Å². The number of unbranched alkanes of at least 4 members (excludes halogenated alkanes) is 2. The van der Waals surface area contributed by atoms with E-state index >= 15 is 0 Å². The zero-order valence-electron chi connectivity index (χ0n) is 14.8. The smallest absolute Gasteiger partial charge is 0.313 e. The number of esters is 2. The van der Waals surface area contributed by atoms with Gasteiger partial charge in [-0.05, 0) is 24.5 Å². The first kappa shape index (κ1) is 19.2. The molecule has 0 saturated carbocycles. The molecule has 0 saturated heterocycles. The lowest BCUT2D eigenvalue weighted by Gasteiger charge is -2.16. The Bertz CT molecular complexity index is 532. The van der Waals surface area contributed by atoms with E-state index in [0.717, 1.165) is 31.2 Å². The molecule has 4 nitrogen and oxygen atoms in total. The summed E-state index contributed by atoms with van der Waals surface area (Å²) >= 11 is 0. The molecular formula is C19H28O4. The molecule has 0 spiro atoms. The van der Waals surface area contributed by atoms with Crippen LogP contribution in [0.2, 0.25) is 0 Å². The molecule has 1 aromatic carbocycles. The van der Waals surface area contributed by atoms with Crippen LogP contribution in [0.4, 0.5) is 0 Å². The Kier molecular flexibility index (Phi) is 7.79. The van der Waals surface area contributed by atoms with Gasteiger partial charge in [0.25, 0.3) is 0 Å². The maximum atomic E-state index is 12.0. The first-order valence-corrected chi connectivity index (χ1v) is 8.42. The Hall–Kier alpha value is -1.84. The van der Waals surface area contributed by atoms with Crippen molar-refractivity contribution in [1.29, 1.82) is 0 Å². The van der Waals surface area contributed by atoms with Gasteiger partial charge in [-0.15, -0.1) is 0 Å². The number of carbonyl (C=O) groups excluding carboxylic acids is 2. The van der Waals surface area contributed by atoms with E-state index in [1.54, 1.807) is 33.8 Å². The largest absolute Gasteiger partial charge is 0.422 e. The average Bonchev–Trinajstić information content (AvgIpc) is 2.49. The first-order valence-electron chi connectivity index (χ1n) is 8.42. The summed E-state index contributed by atoms with van der Waals surface area (Å²) in [5, 5.41) is 0. The number of hydrogen-bond donors (Lipinski definition) is 0.